The van der Waals surface area contributed by atoms with Crippen LogP contribution < -0.4 is 15.2 Å². The minimum Gasteiger partial charge on any atom is -0.492 e. The van der Waals surface area contributed by atoms with E-state index in [-0.39, 0.29) is 30.3 Å². The number of carbonyl (C=O) groups is 2. The first-order valence-electron chi connectivity index (χ1n) is 11.0. The Morgan fingerprint density at radius 3 is 2.65 bits per heavy atom. The van der Waals surface area contributed by atoms with Crippen LogP contribution in [0.4, 0.5) is 5.69 Å². The molecule has 0 saturated carbocycles. The van der Waals surface area contributed by atoms with E-state index in [0.29, 0.717) is 17.5 Å². The van der Waals surface area contributed by atoms with E-state index in [1.165, 1.54) is 12.1 Å². The maximum Gasteiger partial charge on any atom is 0.359 e. The number of carbonyl (C=O) groups excluding carboxylic acids is 2. The first-order valence-corrected chi connectivity index (χ1v) is 11.9. The molecular weight excluding hydrogens is 454 g/mol. The number of thioether (sulfide) groups is 1. The first-order chi connectivity index (χ1) is 16.5. The van der Waals surface area contributed by atoms with E-state index < -0.39 is 12.6 Å². The van der Waals surface area contributed by atoms with Gasteiger partial charge in [-0.2, -0.15) is 5.10 Å². The molecule has 1 aliphatic heterocycles. The summed E-state index contributed by atoms with van der Waals surface area (Å²) in [6.45, 7) is 2.63. The Bertz CT molecular complexity index is 1210. The molecule has 0 fully saturated rings. The molecule has 2 aromatic carbocycles. The predicted octanol–water partition coefficient (Wildman–Crippen LogP) is 3.40. The van der Waals surface area contributed by atoms with E-state index in [1.807, 2.05) is 54.6 Å². The zero-order chi connectivity index (χ0) is 23.9. The standard InChI is InChI=1S/C25H25N3O5S/c1-18-13-14-27(21-9-5-6-10-22(21)34-18)24(30)17-33-25(31)20-11-12-23(29)28(26-20)15-16-32-19-7-3-2-4-8-19/h2-12,18H,13-17H2,1H3. The van der Waals surface area contributed by atoms with Gasteiger partial charge in [-0.15, -0.1) is 11.8 Å². The molecular formula is C25H25N3O5S. The van der Waals surface area contributed by atoms with Crippen LogP contribution in [0.2, 0.25) is 0 Å². The summed E-state index contributed by atoms with van der Waals surface area (Å²) in [6.07, 6.45) is 0.830. The molecule has 0 aliphatic carbocycles. The van der Waals surface area contributed by atoms with Crippen LogP contribution in [0.15, 0.2) is 76.4 Å². The third-order valence-corrected chi connectivity index (χ3v) is 6.50. The predicted molar refractivity (Wildman–Crippen MR) is 129 cm³/mol. The zero-order valence-corrected chi connectivity index (χ0v) is 19.6. The molecule has 1 aromatic heterocycles. The highest BCUT2D eigenvalue weighted by atomic mass is 32.2. The van der Waals surface area contributed by atoms with Crippen LogP contribution >= 0.6 is 11.8 Å². The Kier molecular flexibility index (Phi) is 7.64. The number of amides is 1. The SMILES string of the molecule is CC1CCN(C(=O)COC(=O)c2ccc(=O)n(CCOc3ccccc3)n2)c2ccccc2S1. The molecule has 0 bridgehead atoms. The lowest BCUT2D eigenvalue weighted by Gasteiger charge is -2.22. The van der Waals surface area contributed by atoms with Gasteiger partial charge in [0, 0.05) is 22.8 Å². The average Bonchev–Trinajstić information content (AvgIpc) is 3.02. The molecule has 0 saturated heterocycles. The Labute approximate surface area is 201 Å². The van der Waals surface area contributed by atoms with E-state index in [9.17, 15) is 14.4 Å². The molecule has 0 N–H and O–H groups in total. The van der Waals surface area contributed by atoms with Crippen LogP contribution in [0, 0.1) is 0 Å². The van der Waals surface area contributed by atoms with Gasteiger partial charge in [-0.05, 0) is 36.8 Å². The molecule has 1 atom stereocenters. The lowest BCUT2D eigenvalue weighted by Crippen LogP contribution is -2.36. The number of hydrogen-bond donors (Lipinski definition) is 0. The quantitative estimate of drug-likeness (QED) is 0.480. The van der Waals surface area contributed by atoms with Crippen molar-refractivity contribution in [3.05, 3.63) is 82.8 Å². The van der Waals surface area contributed by atoms with Gasteiger partial charge in [-0.1, -0.05) is 37.3 Å². The number of ether oxygens (including phenoxy) is 2. The molecule has 1 unspecified atom stereocenters. The molecule has 0 spiro atoms. The minimum atomic E-state index is -0.767. The molecule has 2 heterocycles. The van der Waals surface area contributed by atoms with Gasteiger partial charge in [0.05, 0.1) is 12.2 Å². The lowest BCUT2D eigenvalue weighted by molar-refractivity contribution is -0.121. The number of hydrogen-bond acceptors (Lipinski definition) is 7. The number of rotatable bonds is 7. The van der Waals surface area contributed by atoms with Gasteiger partial charge in [0.15, 0.2) is 12.3 Å². The highest BCUT2D eigenvalue weighted by Gasteiger charge is 2.25. The summed E-state index contributed by atoms with van der Waals surface area (Å²) in [5.74, 6) is -0.399. The largest absolute Gasteiger partial charge is 0.492 e. The second kappa shape index (κ2) is 11.0. The second-order valence-corrected chi connectivity index (χ2v) is 9.23. The Morgan fingerprint density at radius 1 is 1.06 bits per heavy atom. The number of para-hydroxylation sites is 2. The molecule has 8 nitrogen and oxygen atoms in total. The molecule has 9 heteroatoms. The summed E-state index contributed by atoms with van der Waals surface area (Å²) in [5.41, 5.74) is 0.410. The van der Waals surface area contributed by atoms with Gasteiger partial charge in [-0.25, -0.2) is 9.48 Å². The van der Waals surface area contributed by atoms with E-state index in [1.54, 1.807) is 16.7 Å². The maximum atomic E-state index is 12.9. The highest BCUT2D eigenvalue weighted by molar-refractivity contribution is 8.00. The number of aromatic nitrogens is 2. The molecule has 0 radical (unpaired) electrons. The highest BCUT2D eigenvalue weighted by Crippen LogP contribution is 2.37. The molecule has 1 aliphatic rings. The van der Waals surface area contributed by atoms with Gasteiger partial charge in [-0.3, -0.25) is 9.59 Å². The summed E-state index contributed by atoms with van der Waals surface area (Å²) in [6, 6.07) is 19.5. The van der Waals surface area contributed by atoms with Crippen LogP contribution in [-0.4, -0.2) is 46.7 Å². The number of nitrogens with zero attached hydrogens (tertiary/aromatic N) is 3. The summed E-state index contributed by atoms with van der Waals surface area (Å²) in [7, 11) is 0. The van der Waals surface area contributed by atoms with E-state index in [2.05, 4.69) is 12.0 Å². The number of anilines is 1. The number of fused-ring (bicyclic) bond motifs is 1. The minimum absolute atomic E-state index is 0.0486. The summed E-state index contributed by atoms with van der Waals surface area (Å²) >= 11 is 1.73. The van der Waals surface area contributed by atoms with Crippen LogP contribution in [0.3, 0.4) is 0 Å². The van der Waals surface area contributed by atoms with Crippen LogP contribution in [-0.2, 0) is 16.1 Å². The molecule has 4 rings (SSSR count). The first kappa shape index (κ1) is 23.6. The van der Waals surface area contributed by atoms with Gasteiger partial charge in [0.2, 0.25) is 0 Å². The van der Waals surface area contributed by atoms with Crippen molar-refractivity contribution >= 4 is 29.3 Å². The fraction of sp³-hybridized carbons (Fsp3) is 0.280. The van der Waals surface area contributed by atoms with Crippen molar-refractivity contribution < 1.29 is 19.1 Å². The summed E-state index contributed by atoms with van der Waals surface area (Å²) in [5, 5.41) is 4.45. The van der Waals surface area contributed by atoms with Crippen molar-refractivity contribution in [1.29, 1.82) is 0 Å². The van der Waals surface area contributed by atoms with Crippen LogP contribution in [0.1, 0.15) is 23.8 Å². The Balaban J connectivity index is 1.37. The van der Waals surface area contributed by atoms with Crippen molar-refractivity contribution in [2.75, 3.05) is 24.7 Å². The summed E-state index contributed by atoms with van der Waals surface area (Å²) in [4.78, 5) is 40.3. The molecule has 3 aromatic rings. The fourth-order valence-electron chi connectivity index (χ4n) is 3.51. The Morgan fingerprint density at radius 2 is 1.82 bits per heavy atom. The van der Waals surface area contributed by atoms with Crippen molar-refractivity contribution in [2.45, 2.75) is 30.0 Å². The van der Waals surface area contributed by atoms with Gasteiger partial charge in [0.1, 0.15) is 12.4 Å². The normalized spacial score (nSPS) is 15.2. The van der Waals surface area contributed by atoms with Crippen molar-refractivity contribution in [2.24, 2.45) is 0 Å². The Hall–Kier alpha value is -3.59. The van der Waals surface area contributed by atoms with E-state index in [0.717, 1.165) is 21.7 Å². The smallest absolute Gasteiger partial charge is 0.359 e. The average molecular weight is 480 g/mol. The maximum absolute atomic E-state index is 12.9. The number of esters is 1. The van der Waals surface area contributed by atoms with Crippen molar-refractivity contribution in [3.63, 3.8) is 0 Å². The lowest BCUT2D eigenvalue weighted by atomic mass is 10.2. The molecule has 176 valence electrons. The molecule has 1 amide bonds. The van der Waals surface area contributed by atoms with Crippen molar-refractivity contribution in [1.82, 2.24) is 9.78 Å². The summed E-state index contributed by atoms with van der Waals surface area (Å²) < 4.78 is 12.0. The number of benzene rings is 2. The van der Waals surface area contributed by atoms with Crippen LogP contribution in [0.5, 0.6) is 5.75 Å². The van der Waals surface area contributed by atoms with Crippen molar-refractivity contribution in [3.8, 4) is 5.75 Å². The van der Waals surface area contributed by atoms with Gasteiger partial charge in [0.25, 0.3) is 11.5 Å². The van der Waals surface area contributed by atoms with Crippen LogP contribution in [0.25, 0.3) is 0 Å². The van der Waals surface area contributed by atoms with Gasteiger partial charge >= 0.3 is 5.97 Å². The zero-order valence-electron chi connectivity index (χ0n) is 18.8. The van der Waals surface area contributed by atoms with E-state index >= 15 is 0 Å². The van der Waals surface area contributed by atoms with E-state index in [4.69, 9.17) is 9.47 Å². The second-order valence-electron chi connectivity index (χ2n) is 7.75. The third kappa shape index (κ3) is 5.85. The third-order valence-electron chi connectivity index (χ3n) is 5.26. The monoisotopic (exact) mass is 479 g/mol. The fourth-order valence-corrected chi connectivity index (χ4v) is 4.62. The van der Waals surface area contributed by atoms with Gasteiger partial charge < -0.3 is 14.4 Å². The molecule has 34 heavy (non-hydrogen) atoms. The topological polar surface area (TPSA) is 90.7 Å².